The van der Waals surface area contributed by atoms with Crippen molar-refractivity contribution in [2.75, 3.05) is 12.3 Å². The summed E-state index contributed by atoms with van der Waals surface area (Å²) in [5.41, 5.74) is 6.28. The predicted molar refractivity (Wildman–Crippen MR) is 77.5 cm³/mol. The first-order chi connectivity index (χ1) is 11.5. The second kappa shape index (κ2) is 6.02. The van der Waals surface area contributed by atoms with E-state index in [1.54, 1.807) is 6.07 Å². The topological polar surface area (TPSA) is 173 Å². The fourth-order valence-electron chi connectivity index (χ4n) is 2.50. The maximum Gasteiger partial charge on any atom is 0.266 e. The van der Waals surface area contributed by atoms with Gasteiger partial charge in [0.05, 0.1) is 31.3 Å². The fourth-order valence-corrected chi connectivity index (χ4v) is 2.50. The number of nitrogens with zero attached hydrogens (tertiary/aromatic N) is 5. The molecule has 11 heteroatoms. The first-order valence-electron chi connectivity index (χ1n) is 6.85. The summed E-state index contributed by atoms with van der Waals surface area (Å²) in [6, 6.07) is 1.68. The number of hydrogen-bond donors (Lipinski definition) is 4. The molecule has 0 unspecified atom stereocenters. The Morgan fingerprint density at radius 2 is 2.29 bits per heavy atom. The molecule has 0 spiro atoms. The normalized spacial score (nSPS) is 30.0. The molecule has 1 saturated heterocycles. The van der Waals surface area contributed by atoms with Crippen molar-refractivity contribution in [3.8, 4) is 6.07 Å². The largest absolute Gasteiger partial charge is 0.463 e. The zero-order chi connectivity index (χ0) is 17.3. The van der Waals surface area contributed by atoms with Gasteiger partial charge in [-0.25, -0.2) is 15.0 Å². The van der Waals surface area contributed by atoms with Gasteiger partial charge >= 0.3 is 0 Å². The Balaban J connectivity index is 1.98. The highest BCUT2D eigenvalue weighted by atomic mass is 16.7. The average molecular weight is 334 g/mol. The number of nitriles is 1. The van der Waals surface area contributed by atoms with Gasteiger partial charge in [-0.3, -0.25) is 4.57 Å². The van der Waals surface area contributed by atoms with Gasteiger partial charge in [-0.15, -0.1) is 0 Å². The Hall–Kier alpha value is -2.78. The molecule has 0 bridgehead atoms. The molecular formula is C13H14N6O5. The Labute approximate surface area is 135 Å². The van der Waals surface area contributed by atoms with Gasteiger partial charge in [-0.2, -0.15) is 5.26 Å². The van der Waals surface area contributed by atoms with Crippen LogP contribution >= 0.6 is 0 Å². The molecule has 0 aliphatic carbocycles. The smallest absolute Gasteiger partial charge is 0.266 e. The van der Waals surface area contributed by atoms with Gasteiger partial charge < -0.3 is 30.5 Å². The summed E-state index contributed by atoms with van der Waals surface area (Å²) in [4.78, 5) is 11.9. The molecule has 0 radical (unpaired) electrons. The number of anilines is 1. The second-order valence-electron chi connectivity index (χ2n) is 5.03. The van der Waals surface area contributed by atoms with E-state index in [-0.39, 0.29) is 11.5 Å². The highest BCUT2D eigenvalue weighted by molar-refractivity contribution is 5.81. The van der Waals surface area contributed by atoms with Crippen molar-refractivity contribution >= 4 is 17.0 Å². The maximum atomic E-state index is 10.5. The minimum Gasteiger partial charge on any atom is -0.463 e. The van der Waals surface area contributed by atoms with Gasteiger partial charge in [0.1, 0.15) is 11.8 Å². The summed E-state index contributed by atoms with van der Waals surface area (Å²) in [7, 11) is 0. The molecule has 3 rings (SSSR count). The zero-order valence-corrected chi connectivity index (χ0v) is 12.2. The number of rotatable bonds is 4. The number of fused-ring (bicyclic) bond motifs is 1. The van der Waals surface area contributed by atoms with Crippen LogP contribution < -0.4 is 5.73 Å². The number of nitrogens with two attached hydrogens (primary N) is 1. The van der Waals surface area contributed by atoms with E-state index >= 15 is 0 Å². The van der Waals surface area contributed by atoms with E-state index in [0.717, 1.165) is 12.3 Å². The SMILES string of the molecule is N#CC=CO[C@@]1(O)[C@@H](CO)O[C@@H](n2cnc3c(N)ncnc32)[C@@H]1O. The van der Waals surface area contributed by atoms with Crippen molar-refractivity contribution in [2.45, 2.75) is 24.2 Å². The van der Waals surface area contributed by atoms with Crippen LogP contribution in [0.5, 0.6) is 0 Å². The summed E-state index contributed by atoms with van der Waals surface area (Å²) in [6.45, 7) is -0.631. The third-order valence-electron chi connectivity index (χ3n) is 3.69. The second-order valence-corrected chi connectivity index (χ2v) is 5.03. The zero-order valence-electron chi connectivity index (χ0n) is 12.2. The summed E-state index contributed by atoms with van der Waals surface area (Å²) in [5.74, 6) is -2.12. The number of allylic oxidation sites excluding steroid dienone is 1. The van der Waals surface area contributed by atoms with Crippen LogP contribution in [0.1, 0.15) is 6.23 Å². The van der Waals surface area contributed by atoms with Crippen LogP contribution in [-0.2, 0) is 9.47 Å². The Bertz CT molecular complexity index is 817. The third kappa shape index (κ3) is 2.34. The third-order valence-corrected chi connectivity index (χ3v) is 3.69. The molecule has 5 N–H and O–H groups in total. The lowest BCUT2D eigenvalue weighted by atomic mass is 10.1. The molecule has 1 aliphatic heterocycles. The molecule has 4 atom stereocenters. The van der Waals surface area contributed by atoms with E-state index in [2.05, 4.69) is 15.0 Å². The molecule has 2 aromatic rings. The predicted octanol–water partition coefficient (Wildman–Crippen LogP) is -1.60. The van der Waals surface area contributed by atoms with Crippen LogP contribution in [0.2, 0.25) is 0 Å². The average Bonchev–Trinajstić information content (AvgIpc) is 3.10. The van der Waals surface area contributed by atoms with Crippen molar-refractivity contribution in [1.82, 2.24) is 19.5 Å². The van der Waals surface area contributed by atoms with Crippen molar-refractivity contribution < 1.29 is 24.8 Å². The van der Waals surface area contributed by atoms with Crippen LogP contribution in [-0.4, -0.2) is 59.4 Å². The molecule has 126 valence electrons. The van der Waals surface area contributed by atoms with Crippen molar-refractivity contribution in [3.63, 3.8) is 0 Å². The monoisotopic (exact) mass is 334 g/mol. The molecule has 1 fully saturated rings. The molecular weight excluding hydrogens is 320 g/mol. The van der Waals surface area contributed by atoms with Crippen molar-refractivity contribution in [1.29, 1.82) is 5.26 Å². The van der Waals surface area contributed by atoms with Crippen LogP contribution in [0, 0.1) is 11.3 Å². The van der Waals surface area contributed by atoms with E-state index < -0.39 is 30.8 Å². The summed E-state index contributed by atoms with van der Waals surface area (Å²) < 4.78 is 11.9. The number of hydrogen-bond acceptors (Lipinski definition) is 10. The summed E-state index contributed by atoms with van der Waals surface area (Å²) in [5, 5.41) is 38.9. The van der Waals surface area contributed by atoms with Crippen LogP contribution in [0.25, 0.3) is 11.2 Å². The molecule has 11 nitrogen and oxygen atoms in total. The summed E-state index contributed by atoms with van der Waals surface area (Å²) in [6.07, 6.45) is 0.385. The summed E-state index contributed by atoms with van der Waals surface area (Å²) >= 11 is 0. The molecule has 0 amide bonds. The van der Waals surface area contributed by atoms with Crippen molar-refractivity contribution in [2.24, 2.45) is 0 Å². The number of ether oxygens (including phenoxy) is 2. The van der Waals surface area contributed by atoms with E-state index in [1.807, 2.05) is 0 Å². The van der Waals surface area contributed by atoms with Gasteiger partial charge in [0.25, 0.3) is 5.79 Å². The quantitative estimate of drug-likeness (QED) is 0.290. The highest BCUT2D eigenvalue weighted by Gasteiger charge is 2.58. The molecule has 2 aromatic heterocycles. The molecule has 1 aliphatic rings. The van der Waals surface area contributed by atoms with Crippen LogP contribution in [0.4, 0.5) is 5.82 Å². The van der Waals surface area contributed by atoms with Crippen LogP contribution in [0.3, 0.4) is 0 Å². The molecule has 24 heavy (non-hydrogen) atoms. The number of aromatic nitrogens is 4. The van der Waals surface area contributed by atoms with E-state index in [0.29, 0.717) is 5.52 Å². The van der Waals surface area contributed by atoms with Crippen LogP contribution in [0.15, 0.2) is 25.0 Å². The lowest BCUT2D eigenvalue weighted by Crippen LogP contribution is -2.50. The Morgan fingerprint density at radius 3 is 3.00 bits per heavy atom. The van der Waals surface area contributed by atoms with Gasteiger partial charge in [-0.05, 0) is 0 Å². The van der Waals surface area contributed by atoms with E-state index in [4.69, 9.17) is 20.5 Å². The highest BCUT2D eigenvalue weighted by Crippen LogP contribution is 2.39. The lowest BCUT2D eigenvalue weighted by Gasteiger charge is -2.28. The number of aliphatic hydroxyl groups excluding tert-OH is 2. The Kier molecular flexibility index (Phi) is 4.04. The van der Waals surface area contributed by atoms with Gasteiger partial charge in [0.15, 0.2) is 29.9 Å². The van der Waals surface area contributed by atoms with Gasteiger partial charge in [0.2, 0.25) is 0 Å². The van der Waals surface area contributed by atoms with Gasteiger partial charge in [0, 0.05) is 0 Å². The van der Waals surface area contributed by atoms with E-state index in [1.165, 1.54) is 17.2 Å². The first kappa shape index (κ1) is 16.1. The molecule has 0 saturated carbocycles. The lowest BCUT2D eigenvalue weighted by molar-refractivity contribution is -0.238. The Morgan fingerprint density at radius 1 is 1.50 bits per heavy atom. The minimum absolute atomic E-state index is 0.147. The number of imidazole rings is 1. The first-order valence-corrected chi connectivity index (χ1v) is 6.85. The number of aliphatic hydroxyl groups is 3. The molecule has 3 heterocycles. The van der Waals surface area contributed by atoms with Gasteiger partial charge in [-0.1, -0.05) is 0 Å². The minimum atomic E-state index is -2.26. The van der Waals surface area contributed by atoms with Crippen molar-refractivity contribution in [3.05, 3.63) is 25.0 Å². The number of nitrogen functional groups attached to an aromatic ring is 1. The van der Waals surface area contributed by atoms with E-state index in [9.17, 15) is 15.3 Å². The molecule has 0 aromatic carbocycles. The maximum absolute atomic E-state index is 10.5. The fraction of sp³-hybridized carbons (Fsp3) is 0.385. The standard InChI is InChI=1S/C13H14N6O5/c14-2-1-3-23-13(22)7(4-20)24-12(9(13)21)19-6-18-8-10(15)16-5-17-11(8)19/h1,3,5-7,9,12,20-22H,4H2,(H2,15,16,17)/t7-,9+,12-,13+/m1/s1.